The van der Waals surface area contributed by atoms with Gasteiger partial charge in [-0.3, -0.25) is 0 Å². The lowest BCUT2D eigenvalue weighted by Gasteiger charge is -2.13. The number of anilines is 1. The number of fused-ring (bicyclic) bond motifs is 1. The van der Waals surface area contributed by atoms with Gasteiger partial charge < -0.3 is 5.32 Å². The molecule has 0 radical (unpaired) electrons. The van der Waals surface area contributed by atoms with Crippen molar-refractivity contribution in [3.63, 3.8) is 0 Å². The number of nitrogens with one attached hydrogen (secondary N) is 1. The second kappa shape index (κ2) is 5.70. The summed E-state index contributed by atoms with van der Waals surface area (Å²) in [4.78, 5) is 4.69. The van der Waals surface area contributed by atoms with E-state index in [0.717, 1.165) is 16.6 Å². The lowest BCUT2D eigenvalue weighted by atomic mass is 10.0. The van der Waals surface area contributed by atoms with Gasteiger partial charge in [0.2, 0.25) is 0 Å². The zero-order valence-corrected chi connectivity index (χ0v) is 12.5. The summed E-state index contributed by atoms with van der Waals surface area (Å²) in [5, 5.41) is 4.57. The van der Waals surface area contributed by atoms with Gasteiger partial charge in [-0.1, -0.05) is 37.3 Å². The number of para-hydroxylation sites is 1. The number of aromatic nitrogens is 1. The Morgan fingerprint density at radius 3 is 2.67 bits per heavy atom. The van der Waals surface area contributed by atoms with Crippen LogP contribution in [-0.2, 0) is 0 Å². The van der Waals surface area contributed by atoms with E-state index in [-0.39, 0.29) is 0 Å². The van der Waals surface area contributed by atoms with E-state index in [1.54, 1.807) is 11.3 Å². The number of hydrogen-bond donors (Lipinski definition) is 1. The van der Waals surface area contributed by atoms with Crippen LogP contribution in [0.5, 0.6) is 0 Å². The molecule has 0 amide bonds. The summed E-state index contributed by atoms with van der Waals surface area (Å²) >= 11 is 1.75. The molecular formula is C15H22N2S. The van der Waals surface area contributed by atoms with Gasteiger partial charge in [-0.2, -0.15) is 0 Å². The highest BCUT2D eigenvalue weighted by Gasteiger charge is 2.09. The topological polar surface area (TPSA) is 24.9 Å². The maximum Gasteiger partial charge on any atom is 0.184 e. The minimum atomic E-state index is 0.494. The van der Waals surface area contributed by atoms with Crippen LogP contribution in [0.15, 0.2) is 18.2 Å². The van der Waals surface area contributed by atoms with Crippen LogP contribution in [0.1, 0.15) is 39.2 Å². The van der Waals surface area contributed by atoms with Crippen molar-refractivity contribution in [3.05, 3.63) is 23.8 Å². The third kappa shape index (κ3) is 3.22. The Kier molecular flexibility index (Phi) is 4.23. The van der Waals surface area contributed by atoms with Crippen LogP contribution in [0.25, 0.3) is 10.2 Å². The van der Waals surface area contributed by atoms with Crippen LogP contribution >= 0.6 is 11.3 Å². The summed E-state index contributed by atoms with van der Waals surface area (Å²) in [6, 6.07) is 6.85. The molecule has 2 nitrogen and oxygen atoms in total. The second-order valence-corrected chi connectivity index (χ2v) is 6.49. The highest BCUT2D eigenvalue weighted by atomic mass is 32.1. The van der Waals surface area contributed by atoms with Crippen molar-refractivity contribution in [3.8, 4) is 0 Å². The summed E-state index contributed by atoms with van der Waals surface area (Å²) in [7, 11) is 0. The van der Waals surface area contributed by atoms with Crippen molar-refractivity contribution in [2.45, 2.75) is 46.6 Å². The molecule has 0 aliphatic rings. The van der Waals surface area contributed by atoms with Gasteiger partial charge in [0.15, 0.2) is 5.13 Å². The predicted molar refractivity (Wildman–Crippen MR) is 81.5 cm³/mol. The SMILES string of the molecule is Cc1cccc2sc(NC(C)CCC(C)C)nc12. The molecule has 1 aromatic heterocycles. The average molecular weight is 262 g/mol. The first kappa shape index (κ1) is 13.3. The van der Waals surface area contributed by atoms with E-state index in [1.807, 2.05) is 0 Å². The van der Waals surface area contributed by atoms with Crippen molar-refractivity contribution in [2.24, 2.45) is 5.92 Å². The molecule has 1 N–H and O–H groups in total. The third-order valence-corrected chi connectivity index (χ3v) is 4.12. The van der Waals surface area contributed by atoms with Crippen LogP contribution in [0.4, 0.5) is 5.13 Å². The smallest absolute Gasteiger partial charge is 0.184 e. The fraction of sp³-hybridized carbons (Fsp3) is 0.533. The summed E-state index contributed by atoms with van der Waals surface area (Å²) in [6.45, 7) is 8.90. The van der Waals surface area contributed by atoms with Crippen molar-refractivity contribution in [1.82, 2.24) is 4.98 Å². The minimum absolute atomic E-state index is 0.494. The number of nitrogens with zero attached hydrogens (tertiary/aromatic N) is 1. The predicted octanol–water partition coefficient (Wildman–Crippen LogP) is 4.84. The van der Waals surface area contributed by atoms with Gasteiger partial charge >= 0.3 is 0 Å². The van der Waals surface area contributed by atoms with E-state index in [1.165, 1.54) is 23.1 Å². The van der Waals surface area contributed by atoms with Crippen molar-refractivity contribution >= 4 is 26.7 Å². The van der Waals surface area contributed by atoms with Crippen LogP contribution in [0.3, 0.4) is 0 Å². The Bertz CT molecular complexity index is 516. The van der Waals surface area contributed by atoms with Gasteiger partial charge in [-0.05, 0) is 44.2 Å². The molecule has 0 saturated carbocycles. The largest absolute Gasteiger partial charge is 0.359 e. The summed E-state index contributed by atoms with van der Waals surface area (Å²) in [6.07, 6.45) is 2.46. The fourth-order valence-corrected chi connectivity index (χ4v) is 3.07. The zero-order valence-electron chi connectivity index (χ0n) is 11.7. The zero-order chi connectivity index (χ0) is 13.1. The first-order valence-corrected chi connectivity index (χ1v) is 7.50. The van der Waals surface area contributed by atoms with E-state index in [0.29, 0.717) is 6.04 Å². The molecule has 1 aromatic carbocycles. The summed E-state index contributed by atoms with van der Waals surface area (Å²) in [5.74, 6) is 0.770. The Hall–Kier alpha value is -1.09. The van der Waals surface area contributed by atoms with E-state index in [9.17, 15) is 0 Å². The molecule has 98 valence electrons. The van der Waals surface area contributed by atoms with E-state index in [2.05, 4.69) is 56.2 Å². The number of benzene rings is 1. The van der Waals surface area contributed by atoms with E-state index in [4.69, 9.17) is 0 Å². The maximum atomic E-state index is 4.69. The minimum Gasteiger partial charge on any atom is -0.359 e. The van der Waals surface area contributed by atoms with Crippen LogP contribution in [0.2, 0.25) is 0 Å². The normalized spacial score (nSPS) is 13.2. The molecule has 1 heterocycles. The first-order chi connectivity index (χ1) is 8.56. The lowest BCUT2D eigenvalue weighted by molar-refractivity contribution is 0.527. The monoisotopic (exact) mass is 262 g/mol. The quantitative estimate of drug-likeness (QED) is 0.834. The molecule has 0 spiro atoms. The molecular weight excluding hydrogens is 240 g/mol. The standard InChI is InChI=1S/C15H22N2S/c1-10(2)8-9-12(4)16-15-17-14-11(3)6-5-7-13(14)18-15/h5-7,10,12H,8-9H2,1-4H3,(H,16,17). The van der Waals surface area contributed by atoms with Crippen molar-refractivity contribution in [2.75, 3.05) is 5.32 Å². The van der Waals surface area contributed by atoms with Crippen molar-refractivity contribution in [1.29, 1.82) is 0 Å². The van der Waals surface area contributed by atoms with Gasteiger partial charge in [-0.15, -0.1) is 0 Å². The number of aryl methyl sites for hydroxylation is 1. The molecule has 3 heteroatoms. The third-order valence-electron chi connectivity index (χ3n) is 3.17. The molecule has 0 bridgehead atoms. The fourth-order valence-electron chi connectivity index (χ4n) is 2.01. The van der Waals surface area contributed by atoms with Gasteiger partial charge in [0.25, 0.3) is 0 Å². The lowest BCUT2D eigenvalue weighted by Crippen LogP contribution is -2.15. The van der Waals surface area contributed by atoms with Crippen molar-refractivity contribution < 1.29 is 0 Å². The summed E-state index contributed by atoms with van der Waals surface area (Å²) < 4.78 is 1.27. The Balaban J connectivity index is 2.05. The highest BCUT2D eigenvalue weighted by Crippen LogP contribution is 2.28. The van der Waals surface area contributed by atoms with Gasteiger partial charge in [0, 0.05) is 6.04 Å². The van der Waals surface area contributed by atoms with Crippen LogP contribution in [0, 0.1) is 12.8 Å². The van der Waals surface area contributed by atoms with Gasteiger partial charge in [0.05, 0.1) is 10.2 Å². The molecule has 0 fully saturated rings. The molecule has 2 aromatic rings. The number of rotatable bonds is 5. The molecule has 2 rings (SSSR count). The van der Waals surface area contributed by atoms with Gasteiger partial charge in [0.1, 0.15) is 0 Å². The maximum absolute atomic E-state index is 4.69. The van der Waals surface area contributed by atoms with E-state index >= 15 is 0 Å². The average Bonchev–Trinajstić information content (AvgIpc) is 2.70. The van der Waals surface area contributed by atoms with Crippen LogP contribution in [-0.4, -0.2) is 11.0 Å². The molecule has 1 atom stereocenters. The molecule has 0 saturated heterocycles. The first-order valence-electron chi connectivity index (χ1n) is 6.69. The number of hydrogen-bond acceptors (Lipinski definition) is 3. The molecule has 0 aliphatic carbocycles. The highest BCUT2D eigenvalue weighted by molar-refractivity contribution is 7.22. The Labute approximate surface area is 113 Å². The Morgan fingerprint density at radius 1 is 1.22 bits per heavy atom. The summed E-state index contributed by atoms with van der Waals surface area (Å²) in [5.41, 5.74) is 2.40. The molecule has 1 unspecified atom stereocenters. The van der Waals surface area contributed by atoms with Crippen LogP contribution < -0.4 is 5.32 Å². The van der Waals surface area contributed by atoms with E-state index < -0.39 is 0 Å². The molecule has 18 heavy (non-hydrogen) atoms. The Morgan fingerprint density at radius 2 is 2.00 bits per heavy atom. The molecule has 0 aliphatic heterocycles. The number of thiazole rings is 1. The second-order valence-electron chi connectivity index (χ2n) is 5.46. The van der Waals surface area contributed by atoms with Gasteiger partial charge in [-0.25, -0.2) is 4.98 Å².